The number of hydrogen-bond donors (Lipinski definition) is 2. The van der Waals surface area contributed by atoms with Crippen molar-refractivity contribution in [3.05, 3.63) is 34.5 Å². The van der Waals surface area contributed by atoms with E-state index >= 15 is 0 Å². The van der Waals surface area contributed by atoms with Crippen LogP contribution in [0.1, 0.15) is 35.9 Å². The number of aryl methyl sites for hydroxylation is 1. The second-order valence-corrected chi connectivity index (χ2v) is 5.17. The predicted octanol–water partition coefficient (Wildman–Crippen LogP) is 3.29. The fourth-order valence-corrected chi connectivity index (χ4v) is 2.42. The van der Waals surface area contributed by atoms with Gasteiger partial charge in [-0.15, -0.1) is 0 Å². The third-order valence-electron chi connectivity index (χ3n) is 3.43. The quantitative estimate of drug-likeness (QED) is 0.890. The second-order valence-electron chi connectivity index (χ2n) is 4.76. The van der Waals surface area contributed by atoms with Crippen LogP contribution in [0, 0.1) is 6.92 Å². The minimum Gasteiger partial charge on any atom is -0.449 e. The lowest BCUT2D eigenvalue weighted by Crippen LogP contribution is -2.35. The van der Waals surface area contributed by atoms with Gasteiger partial charge in [0.2, 0.25) is 0 Å². The summed E-state index contributed by atoms with van der Waals surface area (Å²) in [5.41, 5.74) is 1.31. The molecular formula is C15H18ClNO3. The van der Waals surface area contributed by atoms with Gasteiger partial charge < -0.3 is 14.8 Å². The van der Waals surface area contributed by atoms with E-state index in [4.69, 9.17) is 21.1 Å². The molecule has 1 atom stereocenters. The summed E-state index contributed by atoms with van der Waals surface area (Å²) >= 11 is 6.07. The smallest absolute Gasteiger partial charge is 0.287 e. The highest BCUT2D eigenvalue weighted by Crippen LogP contribution is 2.30. The second kappa shape index (κ2) is 6.29. The van der Waals surface area contributed by atoms with E-state index in [1.807, 2.05) is 26.0 Å². The number of hydrogen-bond acceptors (Lipinski definition) is 3. The number of carbonyl (C=O) groups is 1. The van der Waals surface area contributed by atoms with E-state index in [9.17, 15) is 4.79 Å². The number of aliphatic hydroxyl groups excluding tert-OH is 1. The van der Waals surface area contributed by atoms with Crippen LogP contribution in [-0.2, 0) is 0 Å². The van der Waals surface area contributed by atoms with Crippen LogP contribution in [0.4, 0.5) is 0 Å². The Morgan fingerprint density at radius 3 is 2.85 bits per heavy atom. The normalized spacial score (nSPS) is 12.6. The number of carbonyl (C=O) groups excluding carboxylic acids is 1. The predicted molar refractivity (Wildman–Crippen MR) is 79.2 cm³/mol. The zero-order valence-corrected chi connectivity index (χ0v) is 12.3. The number of halogens is 1. The van der Waals surface area contributed by atoms with Crippen molar-refractivity contribution in [1.82, 2.24) is 5.32 Å². The Bertz CT molecular complexity index is 621. The van der Waals surface area contributed by atoms with Crippen molar-refractivity contribution in [2.45, 2.75) is 32.7 Å². The molecule has 0 saturated heterocycles. The molecule has 0 bridgehead atoms. The van der Waals surface area contributed by atoms with Crippen molar-refractivity contribution in [2.24, 2.45) is 0 Å². The summed E-state index contributed by atoms with van der Waals surface area (Å²) in [6.45, 7) is 3.84. The number of aliphatic hydroxyl groups is 1. The minimum atomic E-state index is -0.268. The number of para-hydroxylation sites is 1. The number of fused-ring (bicyclic) bond motifs is 1. The molecule has 1 aromatic heterocycles. The molecule has 2 rings (SSSR count). The standard InChI is InChI=1S/C15H18ClNO3/c1-3-10(7-8-18)17-15(19)13-9(2)11-5-4-6-12(16)14(11)20-13/h4-6,10,18H,3,7-8H2,1-2H3,(H,17,19). The lowest BCUT2D eigenvalue weighted by Gasteiger charge is -2.14. The molecule has 0 aliphatic rings. The molecule has 2 N–H and O–H groups in total. The van der Waals surface area contributed by atoms with E-state index in [0.717, 1.165) is 17.4 Å². The fourth-order valence-electron chi connectivity index (χ4n) is 2.21. The Balaban J connectivity index is 2.31. The van der Waals surface area contributed by atoms with E-state index in [1.54, 1.807) is 6.07 Å². The maximum absolute atomic E-state index is 12.3. The first-order chi connectivity index (χ1) is 9.58. The molecule has 1 unspecified atom stereocenters. The van der Waals surface area contributed by atoms with E-state index < -0.39 is 0 Å². The average molecular weight is 296 g/mol. The summed E-state index contributed by atoms with van der Waals surface area (Å²) in [4.78, 5) is 12.3. The van der Waals surface area contributed by atoms with Crippen LogP contribution in [0.2, 0.25) is 5.02 Å². The van der Waals surface area contributed by atoms with Gasteiger partial charge in [-0.05, 0) is 25.8 Å². The van der Waals surface area contributed by atoms with Crippen molar-refractivity contribution < 1.29 is 14.3 Å². The SMILES string of the molecule is CCC(CCO)NC(=O)c1oc2c(Cl)cccc2c1C. The van der Waals surface area contributed by atoms with Crippen LogP contribution in [-0.4, -0.2) is 23.7 Å². The van der Waals surface area contributed by atoms with Crippen molar-refractivity contribution in [3.8, 4) is 0 Å². The van der Waals surface area contributed by atoms with E-state index in [2.05, 4.69) is 5.32 Å². The van der Waals surface area contributed by atoms with Gasteiger partial charge in [-0.25, -0.2) is 0 Å². The number of furan rings is 1. The molecule has 1 amide bonds. The molecule has 2 aromatic rings. The topological polar surface area (TPSA) is 62.5 Å². The average Bonchev–Trinajstić information content (AvgIpc) is 2.77. The minimum absolute atomic E-state index is 0.0454. The molecule has 0 saturated carbocycles. The van der Waals surface area contributed by atoms with Gasteiger partial charge in [0, 0.05) is 23.6 Å². The summed E-state index contributed by atoms with van der Waals surface area (Å²) in [5.74, 6) is 0.0135. The lowest BCUT2D eigenvalue weighted by molar-refractivity contribution is 0.0902. The molecule has 0 aliphatic carbocycles. The van der Waals surface area contributed by atoms with Crippen molar-refractivity contribution in [3.63, 3.8) is 0 Å². The fraction of sp³-hybridized carbons (Fsp3) is 0.400. The van der Waals surface area contributed by atoms with Gasteiger partial charge in [0.25, 0.3) is 5.91 Å². The maximum Gasteiger partial charge on any atom is 0.287 e. The Morgan fingerprint density at radius 1 is 1.50 bits per heavy atom. The molecule has 0 aliphatic heterocycles. The van der Waals surface area contributed by atoms with Crippen LogP contribution < -0.4 is 5.32 Å². The summed E-state index contributed by atoms with van der Waals surface area (Å²) < 4.78 is 5.61. The first-order valence-corrected chi connectivity index (χ1v) is 7.05. The van der Waals surface area contributed by atoms with Crippen molar-refractivity contribution in [1.29, 1.82) is 0 Å². The molecule has 1 heterocycles. The molecule has 1 aromatic carbocycles. The lowest BCUT2D eigenvalue weighted by atomic mass is 10.1. The maximum atomic E-state index is 12.3. The first kappa shape index (κ1) is 14.9. The summed E-state index contributed by atoms with van der Waals surface area (Å²) in [7, 11) is 0. The van der Waals surface area contributed by atoms with Crippen molar-refractivity contribution in [2.75, 3.05) is 6.61 Å². The Kier molecular flexibility index (Phi) is 4.68. The van der Waals surface area contributed by atoms with Gasteiger partial charge in [0.05, 0.1) is 5.02 Å². The third-order valence-corrected chi connectivity index (χ3v) is 3.73. The molecule has 0 radical (unpaired) electrons. The van der Waals surface area contributed by atoms with Gasteiger partial charge >= 0.3 is 0 Å². The van der Waals surface area contributed by atoms with Crippen LogP contribution in [0.3, 0.4) is 0 Å². The van der Waals surface area contributed by atoms with E-state index in [-0.39, 0.29) is 24.3 Å². The monoisotopic (exact) mass is 295 g/mol. The Labute approximate surface area is 122 Å². The molecule has 108 valence electrons. The van der Waals surface area contributed by atoms with E-state index in [1.165, 1.54) is 0 Å². The molecule has 5 heteroatoms. The molecule has 4 nitrogen and oxygen atoms in total. The summed E-state index contributed by atoms with van der Waals surface area (Å²) in [6, 6.07) is 5.38. The zero-order chi connectivity index (χ0) is 14.7. The highest BCUT2D eigenvalue weighted by atomic mass is 35.5. The number of benzene rings is 1. The summed E-state index contributed by atoms with van der Waals surface area (Å²) in [6.07, 6.45) is 1.29. The highest BCUT2D eigenvalue weighted by Gasteiger charge is 2.20. The van der Waals surface area contributed by atoms with Crippen LogP contribution in [0.15, 0.2) is 22.6 Å². The van der Waals surface area contributed by atoms with Gasteiger partial charge in [-0.1, -0.05) is 30.7 Å². The zero-order valence-electron chi connectivity index (χ0n) is 11.6. The first-order valence-electron chi connectivity index (χ1n) is 6.67. The van der Waals surface area contributed by atoms with Gasteiger partial charge in [-0.2, -0.15) is 0 Å². The van der Waals surface area contributed by atoms with Crippen LogP contribution in [0.5, 0.6) is 0 Å². The van der Waals surface area contributed by atoms with Gasteiger partial charge in [-0.3, -0.25) is 4.79 Å². The van der Waals surface area contributed by atoms with E-state index in [0.29, 0.717) is 17.0 Å². The molecule has 0 spiro atoms. The highest BCUT2D eigenvalue weighted by molar-refractivity contribution is 6.35. The number of nitrogens with one attached hydrogen (secondary N) is 1. The number of rotatable bonds is 5. The Hall–Kier alpha value is -1.52. The summed E-state index contributed by atoms with van der Waals surface area (Å²) in [5, 5.41) is 13.2. The number of amides is 1. The Morgan fingerprint density at radius 2 is 2.25 bits per heavy atom. The third kappa shape index (κ3) is 2.81. The van der Waals surface area contributed by atoms with Gasteiger partial charge in [0.15, 0.2) is 11.3 Å². The molecule has 0 fully saturated rings. The largest absolute Gasteiger partial charge is 0.449 e. The van der Waals surface area contributed by atoms with Crippen LogP contribution in [0.25, 0.3) is 11.0 Å². The van der Waals surface area contributed by atoms with Gasteiger partial charge in [0.1, 0.15) is 0 Å². The van der Waals surface area contributed by atoms with Crippen LogP contribution >= 0.6 is 11.6 Å². The van der Waals surface area contributed by atoms with Crippen molar-refractivity contribution >= 4 is 28.5 Å². The molecular weight excluding hydrogens is 278 g/mol. The molecule has 20 heavy (non-hydrogen) atoms.